The molecule has 0 bridgehead atoms. The number of nitro groups is 1. The van der Waals surface area contributed by atoms with Gasteiger partial charge in [0.15, 0.2) is 0 Å². The Morgan fingerprint density at radius 3 is 2.70 bits per heavy atom. The summed E-state index contributed by atoms with van der Waals surface area (Å²) < 4.78 is 4.86. The molecule has 0 fully saturated rings. The van der Waals surface area contributed by atoms with Crippen molar-refractivity contribution in [3.63, 3.8) is 0 Å². The van der Waals surface area contributed by atoms with Crippen LogP contribution in [0.15, 0.2) is 65.1 Å². The van der Waals surface area contributed by atoms with Crippen LogP contribution in [0.5, 0.6) is 0 Å². The minimum atomic E-state index is -0.492. The summed E-state index contributed by atoms with van der Waals surface area (Å²) in [5, 5.41) is 17.5. The van der Waals surface area contributed by atoms with Gasteiger partial charge in [-0.25, -0.2) is 10.4 Å². The lowest BCUT2D eigenvalue weighted by molar-refractivity contribution is -0.385. The second kappa shape index (κ2) is 8.68. The molecule has 27 heavy (non-hydrogen) atoms. The molecule has 1 aromatic heterocycles. The molecule has 0 aliphatic heterocycles. The van der Waals surface area contributed by atoms with E-state index < -0.39 is 4.92 Å². The first kappa shape index (κ1) is 18.2. The second-order valence-electron chi connectivity index (χ2n) is 5.30. The van der Waals surface area contributed by atoms with Gasteiger partial charge in [-0.05, 0) is 0 Å². The van der Waals surface area contributed by atoms with Gasteiger partial charge in [0, 0.05) is 22.6 Å². The van der Waals surface area contributed by atoms with E-state index in [9.17, 15) is 14.9 Å². The summed E-state index contributed by atoms with van der Waals surface area (Å²) >= 11 is 1.34. The average molecular weight is 382 g/mol. The zero-order valence-corrected chi connectivity index (χ0v) is 14.8. The minimum Gasteiger partial charge on any atom is -0.412 e. The molecule has 0 saturated carbocycles. The number of ether oxygens (including phenoxy) is 1. The number of benzene rings is 2. The number of rotatable bonds is 7. The Balaban J connectivity index is 1.76. The molecule has 3 rings (SSSR count). The van der Waals surface area contributed by atoms with Crippen LogP contribution < -0.4 is 5.43 Å². The largest absolute Gasteiger partial charge is 0.412 e. The van der Waals surface area contributed by atoms with Crippen molar-refractivity contribution in [2.45, 2.75) is 6.42 Å². The molecule has 2 aromatic carbocycles. The molecule has 0 aliphatic carbocycles. The predicted octanol–water partition coefficient (Wildman–Crippen LogP) is 3.86. The van der Waals surface area contributed by atoms with Gasteiger partial charge >= 0.3 is 0 Å². The first-order chi connectivity index (χ1) is 13.2. The Bertz CT molecular complexity index is 972. The molecule has 136 valence electrons. The molecule has 0 unspecified atom stereocenters. The molecule has 0 spiro atoms. The highest BCUT2D eigenvalue weighted by Crippen LogP contribution is 2.24. The summed E-state index contributed by atoms with van der Waals surface area (Å²) in [6, 6.07) is 15.8. The summed E-state index contributed by atoms with van der Waals surface area (Å²) in [6.45, 7) is 0.229. The van der Waals surface area contributed by atoms with Crippen molar-refractivity contribution in [1.29, 1.82) is 0 Å². The lowest BCUT2D eigenvalue weighted by Gasteiger charge is -2.05. The maximum Gasteiger partial charge on any atom is 0.299 e. The van der Waals surface area contributed by atoms with Crippen LogP contribution in [0.1, 0.15) is 5.56 Å². The van der Waals surface area contributed by atoms with Crippen LogP contribution in [-0.4, -0.2) is 22.3 Å². The zero-order valence-electron chi connectivity index (χ0n) is 13.9. The summed E-state index contributed by atoms with van der Waals surface area (Å²) in [7, 11) is 0. The average Bonchev–Trinajstić information content (AvgIpc) is 3.16. The van der Waals surface area contributed by atoms with E-state index in [4.69, 9.17) is 4.74 Å². The van der Waals surface area contributed by atoms with E-state index in [-0.39, 0.29) is 24.5 Å². The maximum atomic E-state index is 11.1. The fraction of sp³-hybridized carbons (Fsp3) is 0.0556. The van der Waals surface area contributed by atoms with Crippen molar-refractivity contribution >= 4 is 34.5 Å². The topological polar surface area (TPSA) is 107 Å². The molecule has 8 nitrogen and oxygen atoms in total. The number of hydrogen-bond donors (Lipinski definition) is 1. The first-order valence-electron chi connectivity index (χ1n) is 7.83. The van der Waals surface area contributed by atoms with E-state index in [1.807, 2.05) is 35.7 Å². The molecular weight excluding hydrogens is 368 g/mol. The number of hydrogen-bond acceptors (Lipinski definition) is 8. The number of nitro benzene ring substituents is 1. The lowest BCUT2D eigenvalue weighted by Crippen LogP contribution is -2.11. The Hall–Kier alpha value is -3.59. The molecule has 0 aliphatic rings. The van der Waals surface area contributed by atoms with Crippen molar-refractivity contribution in [2.24, 2.45) is 5.10 Å². The van der Waals surface area contributed by atoms with Crippen LogP contribution >= 0.6 is 11.3 Å². The summed E-state index contributed by atoms with van der Waals surface area (Å²) in [5.41, 5.74) is 4.80. The number of hydrazone groups is 1. The molecule has 1 N–H and O–H groups in total. The second-order valence-corrected chi connectivity index (χ2v) is 6.16. The van der Waals surface area contributed by atoms with Crippen LogP contribution in [0.4, 0.5) is 10.8 Å². The smallest absolute Gasteiger partial charge is 0.299 e. The van der Waals surface area contributed by atoms with Crippen molar-refractivity contribution in [3.05, 3.63) is 75.7 Å². The monoisotopic (exact) mass is 382 g/mol. The van der Waals surface area contributed by atoms with Crippen molar-refractivity contribution in [2.75, 3.05) is 5.43 Å². The third-order valence-electron chi connectivity index (χ3n) is 3.56. The van der Waals surface area contributed by atoms with E-state index >= 15 is 0 Å². The van der Waals surface area contributed by atoms with Gasteiger partial charge in [-0.2, -0.15) is 0 Å². The van der Waals surface area contributed by atoms with Crippen LogP contribution in [0.2, 0.25) is 0 Å². The van der Waals surface area contributed by atoms with Crippen molar-refractivity contribution in [1.82, 2.24) is 4.98 Å². The first-order valence-corrected chi connectivity index (χ1v) is 8.71. The zero-order chi connectivity index (χ0) is 19.1. The van der Waals surface area contributed by atoms with Crippen LogP contribution in [-0.2, 0) is 16.0 Å². The normalized spacial score (nSPS) is 11.0. The fourth-order valence-corrected chi connectivity index (χ4v) is 3.00. The van der Waals surface area contributed by atoms with E-state index in [1.165, 1.54) is 17.4 Å². The molecule has 9 heteroatoms. The number of carbonyl (C=O) groups excluding carboxylic acids is 1. The quantitative estimate of drug-likeness (QED) is 0.219. The van der Waals surface area contributed by atoms with Gasteiger partial charge in [-0.15, -0.1) is 16.4 Å². The van der Waals surface area contributed by atoms with Gasteiger partial charge in [-0.1, -0.05) is 48.5 Å². The van der Waals surface area contributed by atoms with E-state index in [0.29, 0.717) is 10.7 Å². The molecule has 0 radical (unpaired) electrons. The molecule has 1 heterocycles. The highest BCUT2D eigenvalue weighted by atomic mass is 32.1. The third-order valence-corrected chi connectivity index (χ3v) is 4.31. The number of anilines is 1. The van der Waals surface area contributed by atoms with E-state index in [0.717, 1.165) is 11.3 Å². The predicted molar refractivity (Wildman–Crippen MR) is 103 cm³/mol. The standard InChI is InChI=1S/C18H14N4O4S/c23-12-26-17(10-14-8-4-5-9-16(14)22(24)25)20-21-18-19-15(11-27-18)13-6-2-1-3-7-13/h1-9,11-12H,10H2,(H,19,21)/b20-17-. The third kappa shape index (κ3) is 4.73. The summed E-state index contributed by atoms with van der Waals surface area (Å²) in [5.74, 6) is -0.00392. The summed E-state index contributed by atoms with van der Waals surface area (Å²) in [4.78, 5) is 25.8. The van der Waals surface area contributed by atoms with Crippen molar-refractivity contribution in [3.8, 4) is 11.3 Å². The number of nitrogens with zero attached hydrogens (tertiary/aromatic N) is 3. The lowest BCUT2D eigenvalue weighted by atomic mass is 10.1. The van der Waals surface area contributed by atoms with Gasteiger partial charge in [-0.3, -0.25) is 14.9 Å². The van der Waals surface area contributed by atoms with E-state index in [2.05, 4.69) is 15.5 Å². The van der Waals surface area contributed by atoms with Gasteiger partial charge in [0.25, 0.3) is 12.2 Å². The highest BCUT2D eigenvalue weighted by molar-refractivity contribution is 7.14. The van der Waals surface area contributed by atoms with Crippen LogP contribution in [0.25, 0.3) is 11.3 Å². The molecule has 0 amide bonds. The van der Waals surface area contributed by atoms with Gasteiger partial charge in [0.2, 0.25) is 11.0 Å². The highest BCUT2D eigenvalue weighted by Gasteiger charge is 2.15. The summed E-state index contributed by atoms with van der Waals surface area (Å²) in [6.07, 6.45) is -0.0141. The Morgan fingerprint density at radius 1 is 1.22 bits per heavy atom. The van der Waals surface area contributed by atoms with Gasteiger partial charge in [0.1, 0.15) is 0 Å². The Morgan fingerprint density at radius 2 is 1.96 bits per heavy atom. The number of para-hydroxylation sites is 1. The van der Waals surface area contributed by atoms with Gasteiger partial charge in [0.05, 0.1) is 17.0 Å². The SMILES string of the molecule is O=CO/C(Cc1ccccc1[N+](=O)[O-])=N\Nc1nc(-c2ccccc2)cs1. The van der Waals surface area contributed by atoms with Crippen LogP contribution in [0.3, 0.4) is 0 Å². The number of nitrogens with one attached hydrogen (secondary N) is 1. The molecular formula is C18H14N4O4S. The minimum absolute atomic E-state index is 0.00392. The Kier molecular flexibility index (Phi) is 5.85. The number of carbonyl (C=O) groups is 1. The fourth-order valence-electron chi connectivity index (χ4n) is 2.34. The molecule has 0 atom stereocenters. The molecule has 3 aromatic rings. The Labute approximate surface area is 158 Å². The van der Waals surface area contributed by atoms with Crippen LogP contribution in [0, 0.1) is 10.1 Å². The van der Waals surface area contributed by atoms with Gasteiger partial charge < -0.3 is 4.74 Å². The number of aromatic nitrogens is 1. The molecule has 0 saturated heterocycles. The van der Waals surface area contributed by atoms with E-state index in [1.54, 1.807) is 18.2 Å². The number of thiazole rings is 1. The van der Waals surface area contributed by atoms with Crippen molar-refractivity contribution < 1.29 is 14.5 Å². The maximum absolute atomic E-state index is 11.1.